The van der Waals surface area contributed by atoms with Crippen molar-refractivity contribution in [2.24, 2.45) is 0 Å². The summed E-state index contributed by atoms with van der Waals surface area (Å²) in [5.74, 6) is 0.909. The Hall–Kier alpha value is -1.84. The van der Waals surface area contributed by atoms with Crippen molar-refractivity contribution in [3.05, 3.63) is 65.2 Å². The van der Waals surface area contributed by atoms with Gasteiger partial charge in [-0.1, -0.05) is 36.4 Å². The van der Waals surface area contributed by atoms with Gasteiger partial charge in [0.15, 0.2) is 0 Å². The van der Waals surface area contributed by atoms with Crippen molar-refractivity contribution in [2.75, 3.05) is 20.3 Å². The summed E-state index contributed by atoms with van der Waals surface area (Å²) >= 11 is 0. The van der Waals surface area contributed by atoms with Gasteiger partial charge in [0.05, 0.1) is 0 Å². The van der Waals surface area contributed by atoms with Crippen molar-refractivity contribution in [1.82, 2.24) is 5.32 Å². The molecule has 0 unspecified atom stereocenters. The van der Waals surface area contributed by atoms with Gasteiger partial charge in [0, 0.05) is 20.3 Å². The number of hydrogen-bond acceptors (Lipinski definition) is 3. The molecule has 0 amide bonds. The van der Waals surface area contributed by atoms with Gasteiger partial charge in [0.1, 0.15) is 12.4 Å². The largest absolute Gasteiger partial charge is 0.489 e. The zero-order chi connectivity index (χ0) is 15.6. The van der Waals surface area contributed by atoms with E-state index in [0.717, 1.165) is 31.9 Å². The molecule has 0 heterocycles. The zero-order valence-corrected chi connectivity index (χ0v) is 13.5. The molecule has 0 aliphatic heterocycles. The third-order valence-electron chi connectivity index (χ3n) is 3.61. The van der Waals surface area contributed by atoms with Crippen molar-refractivity contribution < 1.29 is 9.47 Å². The lowest BCUT2D eigenvalue weighted by atomic mass is 10.1. The van der Waals surface area contributed by atoms with E-state index in [-0.39, 0.29) is 0 Å². The normalized spacial score (nSPS) is 10.6. The fourth-order valence-electron chi connectivity index (χ4n) is 2.21. The Morgan fingerprint density at radius 1 is 1.00 bits per heavy atom. The molecule has 2 aromatic rings. The smallest absolute Gasteiger partial charge is 0.119 e. The van der Waals surface area contributed by atoms with E-state index in [0.29, 0.717) is 6.61 Å². The number of hydrogen-bond donors (Lipinski definition) is 1. The fourth-order valence-corrected chi connectivity index (χ4v) is 2.21. The summed E-state index contributed by atoms with van der Waals surface area (Å²) in [7, 11) is 1.73. The highest BCUT2D eigenvalue weighted by Gasteiger charge is 1.99. The summed E-state index contributed by atoms with van der Waals surface area (Å²) in [6.45, 7) is 5.37. The molecule has 0 bridgehead atoms. The van der Waals surface area contributed by atoms with Crippen LogP contribution in [0.5, 0.6) is 5.75 Å². The van der Waals surface area contributed by atoms with Gasteiger partial charge in [-0.2, -0.15) is 0 Å². The number of nitrogens with one attached hydrogen (secondary N) is 1. The van der Waals surface area contributed by atoms with E-state index in [1.54, 1.807) is 7.11 Å². The molecule has 0 radical (unpaired) electrons. The molecular weight excluding hydrogens is 274 g/mol. The minimum Gasteiger partial charge on any atom is -0.489 e. The second kappa shape index (κ2) is 9.23. The maximum absolute atomic E-state index is 5.85. The van der Waals surface area contributed by atoms with Crippen LogP contribution in [0, 0.1) is 6.92 Å². The van der Waals surface area contributed by atoms with Crippen molar-refractivity contribution >= 4 is 0 Å². The molecule has 3 nitrogen and oxygen atoms in total. The summed E-state index contributed by atoms with van der Waals surface area (Å²) in [6.07, 6.45) is 1.04. The van der Waals surface area contributed by atoms with Gasteiger partial charge in [0.25, 0.3) is 0 Å². The molecule has 0 aromatic heterocycles. The molecule has 0 fully saturated rings. The van der Waals surface area contributed by atoms with E-state index in [1.807, 2.05) is 24.3 Å². The second-order valence-corrected chi connectivity index (χ2v) is 5.38. The molecular formula is C19H25NO2. The van der Waals surface area contributed by atoms with E-state index in [1.165, 1.54) is 16.7 Å². The maximum Gasteiger partial charge on any atom is 0.119 e. The lowest BCUT2D eigenvalue weighted by Crippen LogP contribution is -2.15. The molecule has 1 N–H and O–H groups in total. The third kappa shape index (κ3) is 5.51. The average Bonchev–Trinajstić information content (AvgIpc) is 2.55. The van der Waals surface area contributed by atoms with E-state index < -0.39 is 0 Å². The first kappa shape index (κ1) is 16.5. The Bertz CT molecular complexity index is 552. The van der Waals surface area contributed by atoms with E-state index in [9.17, 15) is 0 Å². The molecule has 0 spiro atoms. The highest BCUT2D eigenvalue weighted by molar-refractivity contribution is 5.29. The fraction of sp³-hybridized carbons (Fsp3) is 0.368. The number of aryl methyl sites for hydroxylation is 1. The molecule has 22 heavy (non-hydrogen) atoms. The molecule has 0 saturated heterocycles. The molecule has 0 saturated carbocycles. The Balaban J connectivity index is 1.76. The maximum atomic E-state index is 5.85. The standard InChI is InChI=1S/C19H25NO2/c1-16-6-3-4-7-18(16)15-22-19-10-8-17(9-11-19)14-20-12-5-13-21-2/h3-4,6-11,20H,5,12-15H2,1-2H3. The first-order valence-corrected chi connectivity index (χ1v) is 7.75. The Labute approximate surface area is 133 Å². The minimum atomic E-state index is 0.612. The molecule has 0 atom stereocenters. The Kier molecular flexibility index (Phi) is 6.94. The minimum absolute atomic E-state index is 0.612. The lowest BCUT2D eigenvalue weighted by molar-refractivity contribution is 0.194. The summed E-state index contributed by atoms with van der Waals surface area (Å²) in [6, 6.07) is 16.6. The van der Waals surface area contributed by atoms with Gasteiger partial charge < -0.3 is 14.8 Å². The number of methoxy groups -OCH3 is 1. The van der Waals surface area contributed by atoms with Crippen LogP contribution < -0.4 is 10.1 Å². The van der Waals surface area contributed by atoms with Gasteiger partial charge in [-0.05, 0) is 48.7 Å². The molecule has 2 rings (SSSR count). The number of benzene rings is 2. The lowest BCUT2D eigenvalue weighted by Gasteiger charge is -2.09. The van der Waals surface area contributed by atoms with Crippen LogP contribution in [0.3, 0.4) is 0 Å². The topological polar surface area (TPSA) is 30.5 Å². The molecule has 0 aliphatic rings. The first-order valence-electron chi connectivity index (χ1n) is 7.75. The number of rotatable bonds is 9. The molecule has 2 aromatic carbocycles. The SMILES string of the molecule is COCCCNCc1ccc(OCc2ccccc2C)cc1. The van der Waals surface area contributed by atoms with Crippen molar-refractivity contribution in [1.29, 1.82) is 0 Å². The van der Waals surface area contributed by atoms with Crippen LogP contribution in [-0.4, -0.2) is 20.3 Å². The third-order valence-corrected chi connectivity index (χ3v) is 3.61. The summed E-state index contributed by atoms with van der Waals surface area (Å²) in [4.78, 5) is 0. The van der Waals surface area contributed by atoms with E-state index >= 15 is 0 Å². The predicted molar refractivity (Wildman–Crippen MR) is 90.2 cm³/mol. The molecule has 118 valence electrons. The summed E-state index contributed by atoms with van der Waals surface area (Å²) < 4.78 is 10.9. The monoisotopic (exact) mass is 299 g/mol. The second-order valence-electron chi connectivity index (χ2n) is 5.38. The summed E-state index contributed by atoms with van der Waals surface area (Å²) in [5, 5.41) is 3.40. The highest BCUT2D eigenvalue weighted by Crippen LogP contribution is 2.15. The molecule has 0 aliphatic carbocycles. The van der Waals surface area contributed by atoms with Gasteiger partial charge in [-0.25, -0.2) is 0 Å². The Morgan fingerprint density at radius 2 is 1.77 bits per heavy atom. The van der Waals surface area contributed by atoms with Crippen LogP contribution in [0.2, 0.25) is 0 Å². The van der Waals surface area contributed by atoms with Gasteiger partial charge >= 0.3 is 0 Å². The summed E-state index contributed by atoms with van der Waals surface area (Å²) in [5.41, 5.74) is 3.76. The van der Waals surface area contributed by atoms with Gasteiger partial charge in [0.2, 0.25) is 0 Å². The number of ether oxygens (including phenoxy) is 2. The van der Waals surface area contributed by atoms with Crippen LogP contribution in [0.15, 0.2) is 48.5 Å². The average molecular weight is 299 g/mol. The quantitative estimate of drug-likeness (QED) is 0.716. The van der Waals surface area contributed by atoms with Gasteiger partial charge in [-0.3, -0.25) is 0 Å². The van der Waals surface area contributed by atoms with Crippen LogP contribution in [0.4, 0.5) is 0 Å². The van der Waals surface area contributed by atoms with Crippen molar-refractivity contribution in [3.8, 4) is 5.75 Å². The van der Waals surface area contributed by atoms with Crippen molar-refractivity contribution in [2.45, 2.75) is 26.5 Å². The zero-order valence-electron chi connectivity index (χ0n) is 13.5. The van der Waals surface area contributed by atoms with Gasteiger partial charge in [-0.15, -0.1) is 0 Å². The highest BCUT2D eigenvalue weighted by atomic mass is 16.5. The Morgan fingerprint density at radius 3 is 2.50 bits per heavy atom. The molecule has 3 heteroatoms. The van der Waals surface area contributed by atoms with Crippen LogP contribution in [0.1, 0.15) is 23.1 Å². The van der Waals surface area contributed by atoms with Crippen molar-refractivity contribution in [3.63, 3.8) is 0 Å². The van der Waals surface area contributed by atoms with E-state index in [4.69, 9.17) is 9.47 Å². The van der Waals surface area contributed by atoms with E-state index in [2.05, 4.69) is 36.5 Å². The predicted octanol–water partition coefficient (Wildman–Crippen LogP) is 3.70. The van der Waals surface area contributed by atoms with Crippen LogP contribution in [0.25, 0.3) is 0 Å². The van der Waals surface area contributed by atoms with Crippen LogP contribution >= 0.6 is 0 Å². The first-order chi connectivity index (χ1) is 10.8. The van der Waals surface area contributed by atoms with Crippen LogP contribution in [-0.2, 0) is 17.9 Å².